The van der Waals surface area contributed by atoms with Crippen LogP contribution in [0.1, 0.15) is 40.5 Å². The van der Waals surface area contributed by atoms with E-state index in [0.29, 0.717) is 13.0 Å². The van der Waals surface area contributed by atoms with E-state index in [1.165, 1.54) is 6.92 Å². The van der Waals surface area contributed by atoms with Crippen LogP contribution >= 0.6 is 11.8 Å². The highest BCUT2D eigenvalue weighted by Crippen LogP contribution is 2.42. The van der Waals surface area contributed by atoms with E-state index in [1.807, 2.05) is 0 Å². The van der Waals surface area contributed by atoms with Crippen molar-refractivity contribution < 1.29 is 38.5 Å². The number of hydrogen-bond donors (Lipinski definition) is 2. The lowest BCUT2D eigenvalue weighted by Gasteiger charge is -2.54. The highest BCUT2D eigenvalue weighted by molar-refractivity contribution is 8.00. The maximum Gasteiger partial charge on any atom is 0.357 e. The first-order valence-corrected chi connectivity index (χ1v) is 12.0. The summed E-state index contributed by atoms with van der Waals surface area (Å²) in [5.41, 5.74) is -2.84. The van der Waals surface area contributed by atoms with Gasteiger partial charge in [-0.05, 0) is 45.7 Å². The fourth-order valence-corrected chi connectivity index (χ4v) is 5.02. The van der Waals surface area contributed by atoms with Crippen molar-refractivity contribution in [2.24, 2.45) is 0 Å². The summed E-state index contributed by atoms with van der Waals surface area (Å²) < 4.78 is 16.6. The molecule has 0 aliphatic carbocycles. The molecule has 11 heteroatoms. The first kappa shape index (κ1) is 26.0. The minimum atomic E-state index is -1.96. The number of thioether (sulfide) groups is 1. The van der Waals surface area contributed by atoms with Gasteiger partial charge in [0.15, 0.2) is 11.2 Å². The average molecular weight is 495 g/mol. The number of aliphatic hydroxyl groups is 1. The minimum Gasteiger partial charge on any atom is -0.457 e. The number of esters is 1. The summed E-state index contributed by atoms with van der Waals surface area (Å²) in [5.74, 6) is -2.43. The number of aliphatic hydroxyl groups excluding tert-OH is 1. The van der Waals surface area contributed by atoms with E-state index >= 15 is 0 Å². The molecule has 1 aromatic rings. The van der Waals surface area contributed by atoms with Crippen molar-refractivity contribution in [1.82, 2.24) is 10.2 Å². The summed E-state index contributed by atoms with van der Waals surface area (Å²) in [6.45, 7) is 6.60. The van der Waals surface area contributed by atoms with Gasteiger partial charge in [0, 0.05) is 13.5 Å². The molecule has 0 saturated carbocycles. The molecule has 2 N–H and O–H groups in total. The number of β-lactam (4-membered cyclic amide) rings is 1. The van der Waals surface area contributed by atoms with Crippen molar-refractivity contribution in [3.63, 3.8) is 0 Å². The van der Waals surface area contributed by atoms with Gasteiger partial charge in [0.05, 0.1) is 5.75 Å². The lowest BCUT2D eigenvalue weighted by atomic mass is 10.0. The van der Waals surface area contributed by atoms with Crippen molar-refractivity contribution >= 4 is 35.3 Å². The second-order valence-electron chi connectivity index (χ2n) is 9.08. The summed E-state index contributed by atoms with van der Waals surface area (Å²) in [4.78, 5) is 51.4. The Morgan fingerprint density at radius 1 is 1.29 bits per heavy atom. The van der Waals surface area contributed by atoms with Crippen molar-refractivity contribution in [2.45, 2.75) is 69.6 Å². The number of hydrogen-bond acceptors (Lipinski definition) is 9. The van der Waals surface area contributed by atoms with E-state index in [4.69, 9.17) is 14.2 Å². The molecule has 0 bridgehead atoms. The third-order valence-corrected chi connectivity index (χ3v) is 6.42. The second kappa shape index (κ2) is 10.3. The van der Waals surface area contributed by atoms with Gasteiger partial charge in [-0.15, -0.1) is 11.8 Å². The molecule has 186 valence electrons. The molecule has 4 atom stereocenters. The standard InChI is InChI=1S/C23H30N2O8S/c1-14(26)24-23(32-15-9-6-5-7-10-15)20(30)25(18(28)19(29)33-22(2,3)4)21(23)34-13-16(27)17-11-8-12-31-17/h5-7,9-10,17-18,21,28H,8,11-13H2,1-4H3,(H,24,26)/t17?,18?,21-,23+/m1/s1. The Balaban J connectivity index is 1.89. The van der Waals surface area contributed by atoms with E-state index in [1.54, 1.807) is 51.1 Å². The predicted octanol–water partition coefficient (Wildman–Crippen LogP) is 1.21. The number of ketones is 1. The van der Waals surface area contributed by atoms with Crippen LogP contribution < -0.4 is 10.1 Å². The molecule has 0 radical (unpaired) electrons. The Hall–Kier alpha value is -2.63. The van der Waals surface area contributed by atoms with Crippen molar-refractivity contribution in [2.75, 3.05) is 12.4 Å². The van der Waals surface area contributed by atoms with Gasteiger partial charge in [-0.3, -0.25) is 19.3 Å². The topological polar surface area (TPSA) is 131 Å². The van der Waals surface area contributed by atoms with Gasteiger partial charge < -0.3 is 24.6 Å². The van der Waals surface area contributed by atoms with Gasteiger partial charge >= 0.3 is 5.97 Å². The highest BCUT2D eigenvalue weighted by atomic mass is 32.2. The molecule has 2 unspecified atom stereocenters. The first-order chi connectivity index (χ1) is 15.9. The number of nitrogens with zero attached hydrogens (tertiary/aromatic N) is 1. The maximum atomic E-state index is 13.3. The molecule has 2 fully saturated rings. The third kappa shape index (κ3) is 5.70. The Morgan fingerprint density at radius 2 is 1.97 bits per heavy atom. The molecular formula is C23H30N2O8S. The fourth-order valence-electron chi connectivity index (χ4n) is 3.69. The van der Waals surface area contributed by atoms with Gasteiger partial charge in [-0.1, -0.05) is 18.2 Å². The van der Waals surface area contributed by atoms with Crippen LogP contribution in [0, 0.1) is 0 Å². The lowest BCUT2D eigenvalue weighted by molar-refractivity contribution is -0.212. The summed E-state index contributed by atoms with van der Waals surface area (Å²) in [6, 6.07) is 8.34. The average Bonchev–Trinajstić information content (AvgIpc) is 3.29. The van der Waals surface area contributed by atoms with Crippen LogP contribution in [0.15, 0.2) is 30.3 Å². The summed E-state index contributed by atoms with van der Waals surface area (Å²) in [7, 11) is 0. The number of para-hydroxylation sites is 1. The number of carbonyl (C=O) groups excluding carboxylic acids is 4. The number of ether oxygens (including phenoxy) is 3. The number of carbonyl (C=O) groups is 4. The lowest BCUT2D eigenvalue weighted by Crippen LogP contribution is -2.83. The van der Waals surface area contributed by atoms with E-state index in [2.05, 4.69) is 5.32 Å². The molecule has 2 amide bonds. The Labute approximate surface area is 202 Å². The summed E-state index contributed by atoms with van der Waals surface area (Å²) >= 11 is 0.970. The molecule has 1 aromatic carbocycles. The number of rotatable bonds is 9. The van der Waals surface area contributed by atoms with Crippen LogP contribution in [0.5, 0.6) is 5.75 Å². The van der Waals surface area contributed by atoms with E-state index in [9.17, 15) is 24.3 Å². The monoisotopic (exact) mass is 494 g/mol. The number of amides is 2. The molecule has 10 nitrogen and oxygen atoms in total. The zero-order valence-corrected chi connectivity index (χ0v) is 20.4. The molecule has 3 rings (SSSR count). The SMILES string of the molecule is CC(=O)N[C@]1(Oc2ccccc2)C(=O)N(C(O)C(=O)OC(C)(C)C)[C@@H]1SCC(=O)C1CCCO1. The van der Waals surface area contributed by atoms with Crippen molar-refractivity contribution in [1.29, 1.82) is 0 Å². The molecule has 0 aromatic heterocycles. The Bertz CT molecular complexity index is 929. The third-order valence-electron chi connectivity index (χ3n) is 5.09. The summed E-state index contributed by atoms with van der Waals surface area (Å²) in [6.07, 6.45) is -1.12. The zero-order chi connectivity index (χ0) is 25.1. The van der Waals surface area contributed by atoms with Gasteiger partial charge in [-0.2, -0.15) is 0 Å². The molecule has 0 spiro atoms. The van der Waals surface area contributed by atoms with Crippen LogP contribution in [0.25, 0.3) is 0 Å². The molecule has 2 saturated heterocycles. The van der Waals surface area contributed by atoms with E-state index in [0.717, 1.165) is 23.1 Å². The number of benzene rings is 1. The summed E-state index contributed by atoms with van der Waals surface area (Å²) in [5, 5.41) is 12.1. The Morgan fingerprint density at radius 3 is 2.53 bits per heavy atom. The molecule has 2 aliphatic rings. The normalized spacial score (nSPS) is 25.3. The number of Topliss-reactive ketones (excluding diaryl/α,β-unsaturated/α-hetero) is 1. The molecule has 2 aliphatic heterocycles. The molecule has 34 heavy (non-hydrogen) atoms. The second-order valence-corrected chi connectivity index (χ2v) is 10.2. The fraction of sp³-hybridized carbons (Fsp3) is 0.565. The zero-order valence-electron chi connectivity index (χ0n) is 19.6. The van der Waals surface area contributed by atoms with Gasteiger partial charge in [0.2, 0.25) is 12.1 Å². The van der Waals surface area contributed by atoms with Gasteiger partial charge in [-0.25, -0.2) is 4.79 Å². The van der Waals surface area contributed by atoms with Crippen molar-refractivity contribution in [3.8, 4) is 5.75 Å². The smallest absolute Gasteiger partial charge is 0.357 e. The Kier molecular flexibility index (Phi) is 7.89. The van der Waals surface area contributed by atoms with E-state index < -0.39 is 46.8 Å². The van der Waals surface area contributed by atoms with E-state index in [-0.39, 0.29) is 17.3 Å². The maximum absolute atomic E-state index is 13.3. The first-order valence-electron chi connectivity index (χ1n) is 11.0. The van der Waals surface area contributed by atoms with Crippen LogP contribution in [-0.4, -0.2) is 75.0 Å². The number of likely N-dealkylation sites (tertiary alicyclic amines) is 1. The van der Waals surface area contributed by atoms with Crippen molar-refractivity contribution in [3.05, 3.63) is 30.3 Å². The molecule has 2 heterocycles. The van der Waals surface area contributed by atoms with Crippen LogP contribution in [0.2, 0.25) is 0 Å². The van der Waals surface area contributed by atoms with Gasteiger partial charge in [0.1, 0.15) is 17.5 Å². The van der Waals surface area contributed by atoms with Crippen LogP contribution in [0.3, 0.4) is 0 Å². The van der Waals surface area contributed by atoms with Crippen LogP contribution in [0.4, 0.5) is 0 Å². The highest BCUT2D eigenvalue weighted by Gasteiger charge is 2.67. The quantitative estimate of drug-likeness (QED) is 0.295. The number of nitrogens with one attached hydrogen (secondary N) is 1. The van der Waals surface area contributed by atoms with Crippen LogP contribution in [-0.2, 0) is 28.7 Å². The van der Waals surface area contributed by atoms with Gasteiger partial charge in [0.25, 0.3) is 11.6 Å². The largest absolute Gasteiger partial charge is 0.457 e. The predicted molar refractivity (Wildman–Crippen MR) is 123 cm³/mol. The molecular weight excluding hydrogens is 464 g/mol. The minimum absolute atomic E-state index is 0.0837.